The Balaban J connectivity index is 1.48. The number of nitriles is 1. The Morgan fingerprint density at radius 2 is 1.68 bits per heavy atom. The number of rotatable bonds is 7. The topological polar surface area (TPSA) is 59.4 Å². The average Bonchev–Trinajstić information content (AvgIpc) is 3.51. The first-order valence-electron chi connectivity index (χ1n) is 13.7. The van der Waals surface area contributed by atoms with E-state index in [2.05, 4.69) is 60.2 Å². The van der Waals surface area contributed by atoms with E-state index in [1.165, 1.54) is 0 Å². The highest BCUT2D eigenvalue weighted by Gasteiger charge is 2.18. The Morgan fingerprint density at radius 3 is 2.42 bits per heavy atom. The van der Waals surface area contributed by atoms with Crippen molar-refractivity contribution in [2.24, 2.45) is 0 Å². The number of halogens is 1. The molecule has 6 aromatic rings. The molecule has 2 aromatic heterocycles. The molecule has 0 saturated carbocycles. The normalized spacial score (nSPS) is 11.4. The lowest BCUT2D eigenvalue weighted by Gasteiger charge is -2.13. The molecule has 0 aliphatic carbocycles. The summed E-state index contributed by atoms with van der Waals surface area (Å²) in [4.78, 5) is 10.1. The second-order valence-electron chi connectivity index (χ2n) is 10.2. The first-order chi connectivity index (χ1) is 19.5. The second-order valence-corrected chi connectivity index (χ2v) is 10.6. The number of nitrogens with zero attached hydrogens (tertiary/aromatic N) is 5. The van der Waals surface area contributed by atoms with Crippen LogP contribution >= 0.6 is 11.6 Å². The van der Waals surface area contributed by atoms with Gasteiger partial charge in [-0.15, -0.1) is 0 Å². The van der Waals surface area contributed by atoms with Gasteiger partial charge in [-0.05, 0) is 78.9 Å². The van der Waals surface area contributed by atoms with Gasteiger partial charge in [0.1, 0.15) is 11.6 Å². The molecule has 0 aliphatic heterocycles. The second kappa shape index (κ2) is 10.6. The average molecular weight is 544 g/mol. The summed E-state index contributed by atoms with van der Waals surface area (Å²) in [5.74, 6) is 1.98. The van der Waals surface area contributed by atoms with Crippen LogP contribution in [0, 0.1) is 18.3 Å². The molecular formula is C34H30ClN5. The molecule has 0 fully saturated rings. The van der Waals surface area contributed by atoms with E-state index in [4.69, 9.17) is 21.6 Å². The molecule has 0 N–H and O–H groups in total. The number of imidazole rings is 2. The van der Waals surface area contributed by atoms with Crippen LogP contribution in [0.1, 0.15) is 42.8 Å². The number of benzene rings is 4. The molecule has 0 aliphatic rings. The standard InChI is InChI=1S/C34H30ClN5/c1-4-9-32-38-33-22(3)16-25(34-37-29-19-27(35)13-15-30(29)39(34)5-2)18-31(33)40(32)21-23-12-14-28(26(17-23)20-36)24-10-7-6-8-11-24/h6-8,10-19H,4-5,9,21H2,1-3H3. The van der Waals surface area contributed by atoms with E-state index in [1.54, 1.807) is 0 Å². The van der Waals surface area contributed by atoms with Gasteiger partial charge in [0.2, 0.25) is 0 Å². The molecule has 0 unspecified atom stereocenters. The molecule has 0 amide bonds. The fourth-order valence-electron chi connectivity index (χ4n) is 5.64. The predicted molar refractivity (Wildman–Crippen MR) is 164 cm³/mol. The highest BCUT2D eigenvalue weighted by molar-refractivity contribution is 6.31. The van der Waals surface area contributed by atoms with Crippen LogP contribution in [0.25, 0.3) is 44.6 Å². The number of aryl methyl sites for hydroxylation is 3. The van der Waals surface area contributed by atoms with Gasteiger partial charge in [-0.3, -0.25) is 0 Å². The molecular weight excluding hydrogens is 514 g/mol. The number of fused-ring (bicyclic) bond motifs is 2. The third kappa shape index (κ3) is 4.55. The van der Waals surface area contributed by atoms with Crippen LogP contribution < -0.4 is 0 Å². The van der Waals surface area contributed by atoms with E-state index in [9.17, 15) is 5.26 Å². The van der Waals surface area contributed by atoms with Crippen molar-refractivity contribution in [3.05, 3.63) is 106 Å². The minimum Gasteiger partial charge on any atom is -0.324 e. The summed E-state index contributed by atoms with van der Waals surface area (Å²) in [7, 11) is 0. The largest absolute Gasteiger partial charge is 0.324 e. The maximum absolute atomic E-state index is 9.98. The van der Waals surface area contributed by atoms with E-state index in [1.807, 2.05) is 54.6 Å². The molecule has 0 saturated heterocycles. The Kier molecular flexibility index (Phi) is 6.88. The molecule has 40 heavy (non-hydrogen) atoms. The zero-order valence-electron chi connectivity index (χ0n) is 22.9. The monoisotopic (exact) mass is 543 g/mol. The van der Waals surface area contributed by atoms with E-state index < -0.39 is 0 Å². The van der Waals surface area contributed by atoms with Crippen LogP contribution in [0.3, 0.4) is 0 Å². The fourth-order valence-corrected chi connectivity index (χ4v) is 5.80. The molecule has 0 spiro atoms. The van der Waals surface area contributed by atoms with Gasteiger partial charge < -0.3 is 9.13 Å². The van der Waals surface area contributed by atoms with Crippen molar-refractivity contribution in [1.29, 1.82) is 5.26 Å². The number of hydrogen-bond acceptors (Lipinski definition) is 3. The maximum Gasteiger partial charge on any atom is 0.141 e. The van der Waals surface area contributed by atoms with Gasteiger partial charge in [-0.1, -0.05) is 61.0 Å². The van der Waals surface area contributed by atoms with Gasteiger partial charge in [-0.2, -0.15) is 5.26 Å². The lowest BCUT2D eigenvalue weighted by atomic mass is 9.98. The number of aromatic nitrogens is 4. The van der Waals surface area contributed by atoms with Gasteiger partial charge in [0.25, 0.3) is 0 Å². The van der Waals surface area contributed by atoms with Gasteiger partial charge in [0.15, 0.2) is 0 Å². The lowest BCUT2D eigenvalue weighted by molar-refractivity contribution is 0.721. The summed E-state index contributed by atoms with van der Waals surface area (Å²) in [6, 6.07) is 29.0. The summed E-state index contributed by atoms with van der Waals surface area (Å²) in [5, 5.41) is 10.7. The van der Waals surface area contributed by atoms with Gasteiger partial charge in [-0.25, -0.2) is 9.97 Å². The van der Waals surface area contributed by atoms with E-state index >= 15 is 0 Å². The number of hydrogen-bond donors (Lipinski definition) is 0. The highest BCUT2D eigenvalue weighted by Crippen LogP contribution is 2.32. The Bertz CT molecular complexity index is 1910. The van der Waals surface area contributed by atoms with Crippen LogP contribution in [0.5, 0.6) is 0 Å². The van der Waals surface area contributed by atoms with Gasteiger partial charge in [0, 0.05) is 30.1 Å². The third-order valence-electron chi connectivity index (χ3n) is 7.51. The summed E-state index contributed by atoms with van der Waals surface area (Å²) in [5.41, 5.74) is 9.98. The molecule has 6 rings (SSSR count). The smallest absolute Gasteiger partial charge is 0.141 e. The first-order valence-corrected chi connectivity index (χ1v) is 14.1. The van der Waals surface area contributed by atoms with Crippen LogP contribution in [0.15, 0.2) is 78.9 Å². The molecule has 2 heterocycles. The van der Waals surface area contributed by atoms with Crippen LogP contribution in [0.2, 0.25) is 5.02 Å². The minimum atomic E-state index is 0.637. The SMILES string of the molecule is CCCc1nc2c(C)cc(-c3nc4cc(Cl)ccc4n3CC)cc2n1Cc1ccc(-c2ccccc2)c(C#N)c1. The van der Waals surface area contributed by atoms with Crippen LogP contribution in [0.4, 0.5) is 0 Å². The summed E-state index contributed by atoms with van der Waals surface area (Å²) < 4.78 is 4.55. The van der Waals surface area contributed by atoms with E-state index in [-0.39, 0.29) is 0 Å². The summed E-state index contributed by atoms with van der Waals surface area (Å²) >= 11 is 6.29. The quantitative estimate of drug-likeness (QED) is 0.202. The Hall–Kier alpha value is -4.40. The van der Waals surface area contributed by atoms with Crippen molar-refractivity contribution in [3.8, 4) is 28.6 Å². The predicted octanol–water partition coefficient (Wildman–Crippen LogP) is 8.57. The van der Waals surface area contributed by atoms with Crippen molar-refractivity contribution < 1.29 is 0 Å². The summed E-state index contributed by atoms with van der Waals surface area (Å²) in [6.07, 6.45) is 1.88. The van der Waals surface area contributed by atoms with Crippen molar-refractivity contribution >= 4 is 33.7 Å². The third-order valence-corrected chi connectivity index (χ3v) is 7.75. The van der Waals surface area contributed by atoms with Crippen molar-refractivity contribution in [3.63, 3.8) is 0 Å². The van der Waals surface area contributed by atoms with Gasteiger partial charge in [0.05, 0.1) is 33.7 Å². The van der Waals surface area contributed by atoms with Crippen molar-refractivity contribution in [2.45, 2.75) is 46.7 Å². The minimum absolute atomic E-state index is 0.637. The summed E-state index contributed by atoms with van der Waals surface area (Å²) in [6.45, 7) is 7.88. The molecule has 0 bridgehead atoms. The molecule has 4 aromatic carbocycles. The Morgan fingerprint density at radius 1 is 0.850 bits per heavy atom. The first kappa shape index (κ1) is 25.9. The van der Waals surface area contributed by atoms with Crippen molar-refractivity contribution in [2.75, 3.05) is 0 Å². The molecule has 0 radical (unpaired) electrons. The van der Waals surface area contributed by atoms with Crippen molar-refractivity contribution in [1.82, 2.24) is 19.1 Å². The highest BCUT2D eigenvalue weighted by atomic mass is 35.5. The molecule has 5 nitrogen and oxygen atoms in total. The Labute approximate surface area is 239 Å². The van der Waals surface area contributed by atoms with E-state index in [0.717, 1.165) is 80.9 Å². The van der Waals surface area contributed by atoms with E-state index in [0.29, 0.717) is 17.1 Å². The molecule has 6 heteroatoms. The molecule has 198 valence electrons. The molecule has 0 atom stereocenters. The van der Waals surface area contributed by atoms with Gasteiger partial charge >= 0.3 is 0 Å². The van der Waals surface area contributed by atoms with Crippen LogP contribution in [-0.4, -0.2) is 19.1 Å². The lowest BCUT2D eigenvalue weighted by Crippen LogP contribution is -2.06. The maximum atomic E-state index is 9.98. The zero-order valence-corrected chi connectivity index (χ0v) is 23.7. The fraction of sp³-hybridized carbons (Fsp3) is 0.206. The van der Waals surface area contributed by atoms with Crippen LogP contribution in [-0.2, 0) is 19.5 Å². The zero-order chi connectivity index (χ0) is 27.8.